The molecule has 0 bridgehead atoms. The van der Waals surface area contributed by atoms with Gasteiger partial charge in [0.2, 0.25) is 0 Å². The van der Waals surface area contributed by atoms with Crippen molar-refractivity contribution < 1.29 is 4.79 Å². The van der Waals surface area contributed by atoms with Crippen LogP contribution in [0.5, 0.6) is 0 Å². The van der Waals surface area contributed by atoms with Crippen LogP contribution in [0.15, 0.2) is 36.5 Å². The number of pyridine rings is 1. The Balaban J connectivity index is 2.56. The van der Waals surface area contributed by atoms with Crippen LogP contribution >= 0.6 is 0 Å². The van der Waals surface area contributed by atoms with Gasteiger partial charge in [-0.25, -0.2) is 21.5 Å². The molecule has 1 aromatic carbocycles. The molecular formula is C10H11N5O. The highest BCUT2D eigenvalue weighted by molar-refractivity contribution is 6.00. The first kappa shape index (κ1) is 10.3. The van der Waals surface area contributed by atoms with Crippen molar-refractivity contribution in [2.75, 3.05) is 5.01 Å². The van der Waals surface area contributed by atoms with Gasteiger partial charge >= 0.3 is 6.03 Å². The van der Waals surface area contributed by atoms with Gasteiger partial charge in [0.15, 0.2) is 0 Å². The number of carbonyl (C=O) groups excluding carboxylic acids is 1. The summed E-state index contributed by atoms with van der Waals surface area (Å²) in [6, 6.07) is 8.45. The first-order valence-corrected chi connectivity index (χ1v) is 4.63. The number of anilines is 1. The van der Waals surface area contributed by atoms with Crippen LogP contribution in [0.3, 0.4) is 0 Å². The van der Waals surface area contributed by atoms with Crippen molar-refractivity contribution in [1.29, 1.82) is 0 Å². The van der Waals surface area contributed by atoms with Crippen LogP contribution in [0, 0.1) is 0 Å². The van der Waals surface area contributed by atoms with E-state index in [1.54, 1.807) is 12.3 Å². The van der Waals surface area contributed by atoms with Gasteiger partial charge in [-0.15, -0.1) is 0 Å². The zero-order valence-electron chi connectivity index (χ0n) is 8.42. The Kier molecular flexibility index (Phi) is 2.67. The second-order valence-electron chi connectivity index (χ2n) is 3.17. The molecule has 2 rings (SSSR count). The third-order valence-electron chi connectivity index (χ3n) is 2.23. The van der Waals surface area contributed by atoms with Crippen LogP contribution in [0.2, 0.25) is 0 Å². The molecule has 82 valence electrons. The number of amides is 2. The number of para-hydroxylation sites is 1. The first-order chi connectivity index (χ1) is 7.74. The Morgan fingerprint density at radius 1 is 1.31 bits per heavy atom. The number of nitrogens with two attached hydrogens (primary N) is 2. The lowest BCUT2D eigenvalue weighted by Gasteiger charge is -2.17. The van der Waals surface area contributed by atoms with E-state index < -0.39 is 6.03 Å². The maximum absolute atomic E-state index is 11.3. The quantitative estimate of drug-likeness (QED) is 0.368. The van der Waals surface area contributed by atoms with Crippen molar-refractivity contribution >= 4 is 22.6 Å². The van der Waals surface area contributed by atoms with Crippen LogP contribution in [0.4, 0.5) is 10.5 Å². The summed E-state index contributed by atoms with van der Waals surface area (Å²) in [6.07, 6.45) is 1.58. The third kappa shape index (κ3) is 1.67. The predicted octanol–water partition coefficient (Wildman–Crippen LogP) is 0.498. The van der Waals surface area contributed by atoms with Crippen molar-refractivity contribution in [3.63, 3.8) is 0 Å². The summed E-state index contributed by atoms with van der Waals surface area (Å²) < 4.78 is 0. The molecule has 1 aromatic heterocycles. The Morgan fingerprint density at radius 2 is 2.06 bits per heavy atom. The molecule has 5 N–H and O–H groups in total. The number of nitrogens with zero attached hydrogens (tertiary/aromatic N) is 2. The van der Waals surface area contributed by atoms with Gasteiger partial charge in [-0.1, -0.05) is 18.2 Å². The fraction of sp³-hybridized carbons (Fsp3) is 0. The smallest absolute Gasteiger partial charge is 0.274 e. The molecular weight excluding hydrogens is 206 g/mol. The third-order valence-corrected chi connectivity index (χ3v) is 2.23. The summed E-state index contributed by atoms with van der Waals surface area (Å²) in [5.41, 5.74) is 3.28. The lowest BCUT2D eigenvalue weighted by Crippen LogP contribution is -2.47. The van der Waals surface area contributed by atoms with Crippen LogP contribution in [-0.2, 0) is 0 Å². The molecule has 2 aromatic rings. The Bertz CT molecular complexity index is 522. The number of hydrogen-bond acceptors (Lipinski definition) is 4. The molecule has 0 saturated carbocycles. The number of fused-ring (bicyclic) bond motifs is 1. The second kappa shape index (κ2) is 4.13. The Hall–Kier alpha value is -2.18. The number of aromatic nitrogens is 1. The minimum absolute atomic E-state index is 0.550. The van der Waals surface area contributed by atoms with Gasteiger partial charge in [0.1, 0.15) is 0 Å². The summed E-state index contributed by atoms with van der Waals surface area (Å²) in [4.78, 5) is 15.5. The van der Waals surface area contributed by atoms with E-state index in [1.165, 1.54) is 0 Å². The van der Waals surface area contributed by atoms with Gasteiger partial charge in [-0.2, -0.15) is 0 Å². The summed E-state index contributed by atoms with van der Waals surface area (Å²) in [5.74, 6) is 10.6. The average Bonchev–Trinajstić information content (AvgIpc) is 2.36. The normalized spacial score (nSPS) is 10.1. The van der Waals surface area contributed by atoms with Gasteiger partial charge in [-0.05, 0) is 12.1 Å². The van der Waals surface area contributed by atoms with E-state index in [4.69, 9.17) is 11.7 Å². The van der Waals surface area contributed by atoms with Crippen LogP contribution in [-0.4, -0.2) is 11.0 Å². The monoisotopic (exact) mass is 217 g/mol. The summed E-state index contributed by atoms with van der Waals surface area (Å²) in [5, 5.41) is 1.74. The lowest BCUT2D eigenvalue weighted by molar-refractivity contribution is 0.246. The van der Waals surface area contributed by atoms with E-state index in [1.807, 2.05) is 29.7 Å². The van der Waals surface area contributed by atoms with Gasteiger partial charge in [0.05, 0.1) is 11.2 Å². The SMILES string of the molecule is NNC(=O)N(N)c1ccnc2ccccc12. The number of urea groups is 1. The molecule has 6 heteroatoms. The maximum Gasteiger partial charge on any atom is 0.350 e. The maximum atomic E-state index is 11.3. The molecule has 0 fully saturated rings. The highest BCUT2D eigenvalue weighted by Crippen LogP contribution is 2.22. The molecule has 0 unspecified atom stereocenters. The van der Waals surface area contributed by atoms with Gasteiger partial charge in [-0.3, -0.25) is 10.4 Å². The largest absolute Gasteiger partial charge is 0.350 e. The van der Waals surface area contributed by atoms with Crippen LogP contribution in [0.1, 0.15) is 0 Å². The van der Waals surface area contributed by atoms with E-state index in [9.17, 15) is 4.79 Å². The van der Waals surface area contributed by atoms with Gasteiger partial charge in [0.25, 0.3) is 0 Å². The van der Waals surface area contributed by atoms with E-state index in [-0.39, 0.29) is 0 Å². The van der Waals surface area contributed by atoms with Crippen molar-refractivity contribution in [2.45, 2.75) is 0 Å². The molecule has 0 atom stereocenters. The molecule has 0 aliphatic carbocycles. The number of nitrogens with one attached hydrogen (secondary N) is 1. The highest BCUT2D eigenvalue weighted by atomic mass is 16.2. The van der Waals surface area contributed by atoms with Crippen molar-refractivity contribution in [3.05, 3.63) is 36.5 Å². The molecule has 1 heterocycles. The van der Waals surface area contributed by atoms with Crippen LogP contribution in [0.25, 0.3) is 10.9 Å². The molecule has 6 nitrogen and oxygen atoms in total. The zero-order valence-corrected chi connectivity index (χ0v) is 8.42. The summed E-state index contributed by atoms with van der Waals surface area (Å²) in [6.45, 7) is 0. The molecule has 2 amide bonds. The fourth-order valence-corrected chi connectivity index (χ4v) is 1.47. The average molecular weight is 217 g/mol. The number of rotatable bonds is 1. The Morgan fingerprint density at radius 3 is 2.81 bits per heavy atom. The molecule has 0 radical (unpaired) electrons. The van der Waals surface area contributed by atoms with Crippen molar-refractivity contribution in [3.8, 4) is 0 Å². The van der Waals surface area contributed by atoms with E-state index in [0.717, 1.165) is 15.9 Å². The minimum Gasteiger partial charge on any atom is -0.274 e. The number of hydrazine groups is 2. The van der Waals surface area contributed by atoms with Crippen molar-refractivity contribution in [2.24, 2.45) is 11.7 Å². The molecule has 16 heavy (non-hydrogen) atoms. The number of hydrogen-bond donors (Lipinski definition) is 3. The van der Waals surface area contributed by atoms with E-state index in [0.29, 0.717) is 5.69 Å². The molecule has 0 saturated heterocycles. The number of carbonyl (C=O) groups is 1. The summed E-state index contributed by atoms with van der Waals surface area (Å²) in [7, 11) is 0. The number of benzene rings is 1. The minimum atomic E-state index is -0.587. The highest BCUT2D eigenvalue weighted by Gasteiger charge is 2.12. The predicted molar refractivity (Wildman–Crippen MR) is 61.1 cm³/mol. The molecule has 0 aliphatic heterocycles. The van der Waals surface area contributed by atoms with Gasteiger partial charge < -0.3 is 0 Å². The molecule has 0 aliphatic rings. The van der Waals surface area contributed by atoms with E-state index >= 15 is 0 Å². The first-order valence-electron chi connectivity index (χ1n) is 4.63. The summed E-state index contributed by atoms with van der Waals surface area (Å²) >= 11 is 0. The van der Waals surface area contributed by atoms with E-state index in [2.05, 4.69) is 4.98 Å². The molecule has 0 spiro atoms. The van der Waals surface area contributed by atoms with Gasteiger partial charge in [0, 0.05) is 11.6 Å². The Labute approximate surface area is 91.8 Å². The topological polar surface area (TPSA) is 97.3 Å². The zero-order chi connectivity index (χ0) is 11.5. The lowest BCUT2D eigenvalue weighted by atomic mass is 10.2. The second-order valence-corrected chi connectivity index (χ2v) is 3.17. The standard InChI is InChI=1S/C10H11N5O/c11-14-10(16)15(12)9-5-6-13-8-4-2-1-3-7(8)9/h1-6H,11-12H2,(H,14,16). The fourth-order valence-electron chi connectivity index (χ4n) is 1.47. The van der Waals surface area contributed by atoms with Crippen molar-refractivity contribution in [1.82, 2.24) is 10.4 Å². The van der Waals surface area contributed by atoms with Crippen LogP contribution < -0.4 is 22.1 Å².